The van der Waals surface area contributed by atoms with Gasteiger partial charge in [0, 0.05) is 19.3 Å². The summed E-state index contributed by atoms with van der Waals surface area (Å²) in [7, 11) is 0. The van der Waals surface area contributed by atoms with Crippen LogP contribution in [0.25, 0.3) is 0 Å². The summed E-state index contributed by atoms with van der Waals surface area (Å²) in [6.07, 6.45) is 3.88. The summed E-state index contributed by atoms with van der Waals surface area (Å²) in [4.78, 5) is 30.7. The van der Waals surface area contributed by atoms with Gasteiger partial charge in [0.2, 0.25) is 0 Å². The molecule has 2 aromatic rings. The van der Waals surface area contributed by atoms with Crippen molar-refractivity contribution in [1.29, 1.82) is 0 Å². The van der Waals surface area contributed by atoms with Crippen molar-refractivity contribution in [3.63, 3.8) is 0 Å². The van der Waals surface area contributed by atoms with Gasteiger partial charge in [0.15, 0.2) is 0 Å². The molecule has 130 valence electrons. The average Bonchev–Trinajstić information content (AvgIpc) is 3.20. The Morgan fingerprint density at radius 2 is 1.84 bits per heavy atom. The molecule has 1 saturated heterocycles. The van der Waals surface area contributed by atoms with E-state index in [-0.39, 0.29) is 19.1 Å². The van der Waals surface area contributed by atoms with E-state index in [1.807, 2.05) is 30.3 Å². The van der Waals surface area contributed by atoms with E-state index in [0.717, 1.165) is 31.5 Å². The third kappa shape index (κ3) is 4.56. The van der Waals surface area contributed by atoms with Gasteiger partial charge >= 0.3 is 5.97 Å². The van der Waals surface area contributed by atoms with Gasteiger partial charge in [-0.2, -0.15) is 0 Å². The molecule has 1 aromatic heterocycles. The number of nitrogens with one attached hydrogen (secondary N) is 1. The predicted molar refractivity (Wildman–Crippen MR) is 94.3 cm³/mol. The minimum absolute atomic E-state index is 0.167. The maximum absolute atomic E-state index is 12.4. The van der Waals surface area contributed by atoms with Crippen molar-refractivity contribution < 1.29 is 14.3 Å². The van der Waals surface area contributed by atoms with E-state index in [1.54, 1.807) is 18.3 Å². The average molecular weight is 339 g/mol. The Hall–Kier alpha value is -2.89. The number of amides is 1. The van der Waals surface area contributed by atoms with Gasteiger partial charge < -0.3 is 15.0 Å². The molecule has 1 N–H and O–H groups in total. The highest BCUT2D eigenvalue weighted by Crippen LogP contribution is 2.21. The number of carbonyl (C=O) groups is 2. The number of anilines is 1. The number of ether oxygens (including phenoxy) is 1. The molecular weight excluding hydrogens is 318 g/mol. The second kappa shape index (κ2) is 8.28. The van der Waals surface area contributed by atoms with E-state index in [1.165, 1.54) is 0 Å². The molecule has 0 saturated carbocycles. The highest BCUT2D eigenvalue weighted by atomic mass is 16.5. The lowest BCUT2D eigenvalue weighted by atomic mass is 10.2. The summed E-state index contributed by atoms with van der Waals surface area (Å²) < 4.78 is 5.16. The van der Waals surface area contributed by atoms with E-state index in [9.17, 15) is 9.59 Å². The van der Waals surface area contributed by atoms with Crippen LogP contribution >= 0.6 is 0 Å². The molecule has 6 nitrogen and oxygen atoms in total. The molecule has 0 spiro atoms. The molecule has 0 radical (unpaired) electrons. The van der Waals surface area contributed by atoms with Gasteiger partial charge in [-0.05, 0) is 30.5 Å². The Bertz CT molecular complexity index is 728. The topological polar surface area (TPSA) is 71.5 Å². The summed E-state index contributed by atoms with van der Waals surface area (Å²) in [6.45, 7) is 1.83. The minimum atomic E-state index is -0.469. The van der Waals surface area contributed by atoms with Gasteiger partial charge in [-0.1, -0.05) is 30.3 Å². The Morgan fingerprint density at radius 1 is 1.08 bits per heavy atom. The van der Waals surface area contributed by atoms with Gasteiger partial charge in [0.05, 0.1) is 5.56 Å². The van der Waals surface area contributed by atoms with Crippen LogP contribution in [0.4, 0.5) is 5.82 Å². The molecule has 1 fully saturated rings. The number of rotatable bonds is 6. The molecule has 1 aliphatic heterocycles. The molecule has 3 rings (SSSR count). The third-order valence-corrected chi connectivity index (χ3v) is 4.07. The second-order valence-corrected chi connectivity index (χ2v) is 5.90. The van der Waals surface area contributed by atoms with Crippen LogP contribution in [0.15, 0.2) is 48.7 Å². The van der Waals surface area contributed by atoms with Gasteiger partial charge in [-0.25, -0.2) is 4.98 Å². The Morgan fingerprint density at radius 3 is 2.60 bits per heavy atom. The molecule has 1 amide bonds. The fourth-order valence-electron chi connectivity index (χ4n) is 2.79. The smallest absolute Gasteiger partial charge is 0.325 e. The zero-order valence-electron chi connectivity index (χ0n) is 14.0. The fourth-order valence-corrected chi connectivity index (χ4v) is 2.79. The van der Waals surface area contributed by atoms with Crippen molar-refractivity contribution in [2.75, 3.05) is 24.5 Å². The molecule has 0 bridgehead atoms. The minimum Gasteiger partial charge on any atom is -0.460 e. The lowest BCUT2D eigenvalue weighted by molar-refractivity contribution is -0.143. The highest BCUT2D eigenvalue weighted by Gasteiger charge is 2.20. The maximum atomic E-state index is 12.4. The molecule has 0 aliphatic carbocycles. The largest absolute Gasteiger partial charge is 0.460 e. The number of aromatic nitrogens is 1. The lowest BCUT2D eigenvalue weighted by Crippen LogP contribution is -2.32. The van der Waals surface area contributed by atoms with Crippen LogP contribution in [0.3, 0.4) is 0 Å². The number of pyridine rings is 1. The number of nitrogens with zero attached hydrogens (tertiary/aromatic N) is 2. The Balaban J connectivity index is 1.53. The molecule has 1 aromatic carbocycles. The van der Waals surface area contributed by atoms with Crippen LogP contribution in [0.5, 0.6) is 0 Å². The summed E-state index contributed by atoms with van der Waals surface area (Å²) in [6, 6.07) is 12.9. The first-order chi connectivity index (χ1) is 12.2. The molecule has 0 atom stereocenters. The van der Waals surface area contributed by atoms with Crippen LogP contribution in [-0.4, -0.2) is 36.5 Å². The van der Waals surface area contributed by atoms with Crippen molar-refractivity contribution in [1.82, 2.24) is 10.3 Å². The van der Waals surface area contributed by atoms with Crippen molar-refractivity contribution in [3.8, 4) is 0 Å². The van der Waals surface area contributed by atoms with Gasteiger partial charge in [-0.15, -0.1) is 0 Å². The van der Waals surface area contributed by atoms with Crippen LogP contribution in [0.2, 0.25) is 0 Å². The Kier molecular flexibility index (Phi) is 5.61. The summed E-state index contributed by atoms with van der Waals surface area (Å²) in [5.41, 5.74) is 1.39. The fraction of sp³-hybridized carbons (Fsp3) is 0.316. The summed E-state index contributed by atoms with van der Waals surface area (Å²) in [5.74, 6) is -0.106. The first-order valence-electron chi connectivity index (χ1n) is 8.42. The third-order valence-electron chi connectivity index (χ3n) is 4.07. The number of esters is 1. The molecule has 0 unspecified atom stereocenters. The monoisotopic (exact) mass is 339 g/mol. The number of hydrogen-bond donors (Lipinski definition) is 1. The normalized spacial score (nSPS) is 13.5. The van der Waals surface area contributed by atoms with Crippen LogP contribution in [-0.2, 0) is 16.1 Å². The zero-order valence-corrected chi connectivity index (χ0v) is 14.0. The van der Waals surface area contributed by atoms with Gasteiger partial charge in [0.1, 0.15) is 19.0 Å². The summed E-state index contributed by atoms with van der Waals surface area (Å²) in [5, 5.41) is 2.62. The second-order valence-electron chi connectivity index (χ2n) is 5.90. The molecule has 1 aliphatic rings. The van der Waals surface area contributed by atoms with Crippen molar-refractivity contribution in [2.24, 2.45) is 0 Å². The van der Waals surface area contributed by atoms with Crippen molar-refractivity contribution in [2.45, 2.75) is 19.4 Å². The number of hydrogen-bond acceptors (Lipinski definition) is 5. The van der Waals surface area contributed by atoms with Gasteiger partial charge in [0.25, 0.3) is 5.91 Å². The van der Waals surface area contributed by atoms with E-state index < -0.39 is 5.97 Å². The molecule has 25 heavy (non-hydrogen) atoms. The van der Waals surface area contributed by atoms with E-state index >= 15 is 0 Å². The standard InChI is InChI=1S/C19H21N3O3/c23-17(25-14-15-7-2-1-3-8-15)13-21-19(24)16-9-6-10-20-18(16)22-11-4-5-12-22/h1-3,6-10H,4-5,11-14H2,(H,21,24). The van der Waals surface area contributed by atoms with E-state index in [0.29, 0.717) is 11.4 Å². The van der Waals surface area contributed by atoms with E-state index in [4.69, 9.17) is 4.74 Å². The first kappa shape index (κ1) is 17.0. The van der Waals surface area contributed by atoms with Crippen LogP contribution < -0.4 is 10.2 Å². The SMILES string of the molecule is O=C(CNC(=O)c1cccnc1N1CCCC1)OCc1ccccc1. The summed E-state index contributed by atoms with van der Waals surface area (Å²) >= 11 is 0. The molecular formula is C19H21N3O3. The van der Waals surface area contributed by atoms with Gasteiger partial charge in [-0.3, -0.25) is 9.59 Å². The quantitative estimate of drug-likeness (QED) is 0.817. The number of carbonyl (C=O) groups excluding carboxylic acids is 2. The zero-order chi connectivity index (χ0) is 17.5. The van der Waals surface area contributed by atoms with Crippen LogP contribution in [0, 0.1) is 0 Å². The predicted octanol–water partition coefficient (Wildman–Crippen LogP) is 2.16. The van der Waals surface area contributed by atoms with E-state index in [2.05, 4.69) is 15.2 Å². The lowest BCUT2D eigenvalue weighted by Gasteiger charge is -2.19. The number of benzene rings is 1. The van der Waals surface area contributed by atoms with Crippen LogP contribution in [0.1, 0.15) is 28.8 Å². The molecule has 2 heterocycles. The molecule has 6 heteroatoms. The maximum Gasteiger partial charge on any atom is 0.325 e. The Labute approximate surface area is 146 Å². The highest BCUT2D eigenvalue weighted by molar-refractivity contribution is 6.00. The van der Waals surface area contributed by atoms with Crippen molar-refractivity contribution >= 4 is 17.7 Å². The van der Waals surface area contributed by atoms with Crippen molar-refractivity contribution in [3.05, 3.63) is 59.8 Å². The first-order valence-corrected chi connectivity index (χ1v) is 8.42.